The average molecular weight is 443 g/mol. The molecule has 0 bridgehead atoms. The molecule has 4 rings (SSSR count). The quantitative estimate of drug-likeness (QED) is 0.636. The van der Waals surface area contributed by atoms with Crippen LogP contribution < -0.4 is 5.32 Å². The monoisotopic (exact) mass is 442 g/mol. The van der Waals surface area contributed by atoms with Crippen LogP contribution in [0.3, 0.4) is 0 Å². The number of nitrogens with one attached hydrogen (secondary N) is 1. The van der Waals surface area contributed by atoms with Crippen LogP contribution in [0.2, 0.25) is 0 Å². The van der Waals surface area contributed by atoms with Gasteiger partial charge >= 0.3 is 0 Å². The molecule has 1 heterocycles. The van der Waals surface area contributed by atoms with Gasteiger partial charge in [-0.05, 0) is 53.6 Å². The summed E-state index contributed by atoms with van der Waals surface area (Å²) in [5, 5.41) is 15.1. The summed E-state index contributed by atoms with van der Waals surface area (Å²) >= 11 is 0. The summed E-state index contributed by atoms with van der Waals surface area (Å²) in [7, 11) is -4.07. The van der Waals surface area contributed by atoms with Crippen molar-refractivity contribution in [3.05, 3.63) is 78.1 Å². The molecule has 0 spiro atoms. The highest BCUT2D eigenvalue weighted by Gasteiger charge is 2.43. The van der Waals surface area contributed by atoms with Gasteiger partial charge in [0, 0.05) is 13.0 Å². The molecule has 6 nitrogen and oxygen atoms in total. The standard InChI is InChI=1S/C23H23FN2O4S/c1-15(17-7-6-16-4-2-3-5-18(16)12-17)25-23(28)22-13-20(27)14-26(22)31(29,30)21-10-8-19(24)9-11-21/h2-12,15,20,22,27H,13-14H2,1H3,(H,25,28)/t15-,20+,22-/m0/s1. The second kappa shape index (κ2) is 8.37. The van der Waals surface area contributed by atoms with Crippen LogP contribution in [0.1, 0.15) is 24.9 Å². The summed E-state index contributed by atoms with van der Waals surface area (Å²) < 4.78 is 40.2. The molecule has 3 atom stereocenters. The van der Waals surface area contributed by atoms with Crippen molar-refractivity contribution in [3.8, 4) is 0 Å². The maximum Gasteiger partial charge on any atom is 0.243 e. The molecule has 162 valence electrons. The van der Waals surface area contributed by atoms with E-state index < -0.39 is 33.9 Å². The molecule has 0 radical (unpaired) electrons. The molecule has 2 N–H and O–H groups in total. The number of aliphatic hydroxyl groups excluding tert-OH is 1. The van der Waals surface area contributed by atoms with Gasteiger partial charge in [0.15, 0.2) is 0 Å². The van der Waals surface area contributed by atoms with E-state index in [2.05, 4.69) is 5.32 Å². The zero-order valence-electron chi connectivity index (χ0n) is 16.9. The first-order valence-corrected chi connectivity index (χ1v) is 11.4. The average Bonchev–Trinajstić information content (AvgIpc) is 3.16. The molecule has 0 aromatic heterocycles. The van der Waals surface area contributed by atoms with Gasteiger partial charge in [-0.2, -0.15) is 4.31 Å². The third-order valence-electron chi connectivity index (χ3n) is 5.59. The number of aliphatic hydroxyl groups is 1. The normalized spacial score (nSPS) is 20.6. The molecular formula is C23H23FN2O4S. The molecular weight excluding hydrogens is 419 g/mol. The Morgan fingerprint density at radius 2 is 1.77 bits per heavy atom. The Morgan fingerprint density at radius 1 is 1.10 bits per heavy atom. The highest BCUT2D eigenvalue weighted by molar-refractivity contribution is 7.89. The third-order valence-corrected chi connectivity index (χ3v) is 7.48. The molecule has 0 aliphatic carbocycles. The molecule has 0 saturated carbocycles. The van der Waals surface area contributed by atoms with Crippen LogP contribution >= 0.6 is 0 Å². The number of amides is 1. The van der Waals surface area contributed by atoms with Gasteiger partial charge in [0.25, 0.3) is 0 Å². The van der Waals surface area contributed by atoms with E-state index in [9.17, 15) is 22.7 Å². The fourth-order valence-corrected chi connectivity index (χ4v) is 5.54. The van der Waals surface area contributed by atoms with Crippen molar-refractivity contribution in [2.75, 3.05) is 6.54 Å². The summed E-state index contributed by atoms with van der Waals surface area (Å²) in [5.74, 6) is -1.04. The molecule has 31 heavy (non-hydrogen) atoms. The molecule has 1 amide bonds. The lowest BCUT2D eigenvalue weighted by atomic mass is 10.0. The van der Waals surface area contributed by atoms with Crippen molar-refractivity contribution in [1.82, 2.24) is 9.62 Å². The fourth-order valence-electron chi connectivity index (χ4n) is 3.90. The summed E-state index contributed by atoms with van der Waals surface area (Å²) in [6.45, 7) is 1.63. The van der Waals surface area contributed by atoms with E-state index in [0.717, 1.165) is 44.9 Å². The maximum atomic E-state index is 13.2. The minimum absolute atomic E-state index is 0.00328. The summed E-state index contributed by atoms with van der Waals surface area (Å²) in [6, 6.07) is 16.8. The summed E-state index contributed by atoms with van der Waals surface area (Å²) in [5.41, 5.74) is 0.888. The number of hydrogen-bond donors (Lipinski definition) is 2. The number of benzene rings is 3. The number of nitrogens with zero attached hydrogens (tertiary/aromatic N) is 1. The van der Waals surface area contributed by atoms with Crippen LogP contribution in [0.15, 0.2) is 71.6 Å². The summed E-state index contributed by atoms with van der Waals surface area (Å²) in [4.78, 5) is 12.9. The Bertz CT molecular complexity index is 1210. The Hall–Kier alpha value is -2.81. The molecule has 3 aromatic carbocycles. The predicted molar refractivity (Wildman–Crippen MR) is 115 cm³/mol. The van der Waals surface area contributed by atoms with Crippen LogP contribution in [0.25, 0.3) is 10.8 Å². The van der Waals surface area contributed by atoms with Crippen molar-refractivity contribution in [1.29, 1.82) is 0 Å². The van der Waals surface area contributed by atoms with Crippen molar-refractivity contribution >= 4 is 26.7 Å². The molecule has 8 heteroatoms. The van der Waals surface area contributed by atoms with Gasteiger partial charge in [-0.15, -0.1) is 0 Å². The first-order valence-electron chi connectivity index (χ1n) is 10.0. The molecule has 1 aliphatic rings. The maximum absolute atomic E-state index is 13.2. The second-order valence-electron chi connectivity index (χ2n) is 7.77. The van der Waals surface area contributed by atoms with Gasteiger partial charge in [-0.25, -0.2) is 12.8 Å². The van der Waals surface area contributed by atoms with Crippen LogP contribution in [0.5, 0.6) is 0 Å². The van der Waals surface area contributed by atoms with Gasteiger partial charge in [0.05, 0.1) is 17.0 Å². The first kappa shape index (κ1) is 21.4. The lowest BCUT2D eigenvalue weighted by Crippen LogP contribution is -2.46. The first-order chi connectivity index (χ1) is 14.8. The van der Waals surface area contributed by atoms with Gasteiger partial charge in [-0.1, -0.05) is 36.4 Å². The number of fused-ring (bicyclic) bond motifs is 1. The Morgan fingerprint density at radius 3 is 2.48 bits per heavy atom. The van der Waals surface area contributed by atoms with Crippen LogP contribution in [0.4, 0.5) is 4.39 Å². The number of hydrogen-bond acceptors (Lipinski definition) is 4. The van der Waals surface area contributed by atoms with Gasteiger partial charge < -0.3 is 10.4 Å². The fraction of sp³-hybridized carbons (Fsp3) is 0.261. The predicted octanol–water partition coefficient (Wildman–Crippen LogP) is 2.98. The number of halogens is 1. The molecule has 1 saturated heterocycles. The minimum atomic E-state index is -4.07. The van der Waals surface area contributed by atoms with E-state index in [-0.39, 0.29) is 23.9 Å². The van der Waals surface area contributed by atoms with E-state index in [4.69, 9.17) is 0 Å². The Balaban J connectivity index is 1.55. The van der Waals surface area contributed by atoms with Crippen LogP contribution in [-0.4, -0.2) is 42.4 Å². The SMILES string of the molecule is C[C@H](NC(=O)[C@@H]1C[C@@H](O)CN1S(=O)(=O)c1ccc(F)cc1)c1ccc2ccccc2c1. The van der Waals surface area contributed by atoms with E-state index in [1.807, 2.05) is 49.4 Å². The molecule has 3 aromatic rings. The highest BCUT2D eigenvalue weighted by Crippen LogP contribution is 2.28. The van der Waals surface area contributed by atoms with E-state index in [1.54, 1.807) is 0 Å². The number of β-amino-alcohol motifs (C(OH)–C–C–N with tert-alkyl or cyclic N) is 1. The van der Waals surface area contributed by atoms with Crippen molar-refractivity contribution < 1.29 is 22.7 Å². The topological polar surface area (TPSA) is 86.7 Å². The number of rotatable bonds is 5. The van der Waals surface area contributed by atoms with Crippen molar-refractivity contribution in [2.24, 2.45) is 0 Å². The Kier molecular flexibility index (Phi) is 5.79. The number of sulfonamides is 1. The number of carbonyl (C=O) groups excluding carboxylic acids is 1. The van der Waals surface area contributed by atoms with Crippen molar-refractivity contribution in [3.63, 3.8) is 0 Å². The smallest absolute Gasteiger partial charge is 0.243 e. The lowest BCUT2D eigenvalue weighted by Gasteiger charge is -2.25. The second-order valence-corrected chi connectivity index (χ2v) is 9.66. The Labute approximate surface area is 180 Å². The minimum Gasteiger partial charge on any atom is -0.392 e. The van der Waals surface area contributed by atoms with Crippen LogP contribution in [-0.2, 0) is 14.8 Å². The molecule has 1 aliphatic heterocycles. The number of carbonyl (C=O) groups is 1. The van der Waals surface area contributed by atoms with E-state index >= 15 is 0 Å². The van der Waals surface area contributed by atoms with Gasteiger partial charge in [0.1, 0.15) is 11.9 Å². The van der Waals surface area contributed by atoms with Gasteiger partial charge in [-0.3, -0.25) is 4.79 Å². The van der Waals surface area contributed by atoms with Gasteiger partial charge in [0.2, 0.25) is 15.9 Å². The third kappa shape index (κ3) is 4.32. The highest BCUT2D eigenvalue weighted by atomic mass is 32.2. The zero-order valence-corrected chi connectivity index (χ0v) is 17.7. The van der Waals surface area contributed by atoms with Crippen molar-refractivity contribution in [2.45, 2.75) is 36.4 Å². The summed E-state index contributed by atoms with van der Waals surface area (Å²) in [6.07, 6.45) is -0.960. The molecule has 1 fully saturated rings. The lowest BCUT2D eigenvalue weighted by molar-refractivity contribution is -0.124. The molecule has 0 unspecified atom stereocenters. The zero-order chi connectivity index (χ0) is 22.2. The largest absolute Gasteiger partial charge is 0.392 e. The van der Waals surface area contributed by atoms with Crippen LogP contribution in [0, 0.1) is 5.82 Å². The van der Waals surface area contributed by atoms with E-state index in [0.29, 0.717) is 0 Å². The van der Waals surface area contributed by atoms with E-state index in [1.165, 1.54) is 0 Å².